The fraction of sp³-hybridized carbons (Fsp3) is 0.333. The molecule has 0 aliphatic rings. The van der Waals surface area contributed by atoms with Crippen LogP contribution in [-0.4, -0.2) is 10.2 Å². The molecule has 1 heterocycles. The Morgan fingerprint density at radius 2 is 2.22 bits per heavy atom. The Morgan fingerprint density at radius 3 is 2.67 bits per heavy atom. The molecule has 3 heteroatoms. The van der Waals surface area contributed by atoms with Crippen LogP contribution in [0.1, 0.15) is 11.3 Å². The second-order valence-corrected chi connectivity index (χ2v) is 2.44. The molecule has 0 aliphatic heterocycles. The number of nitrogens with one attached hydrogen (secondary N) is 1. The summed E-state index contributed by atoms with van der Waals surface area (Å²) in [7, 11) is 0. The number of nitrogens with zero attached hydrogens (tertiary/aromatic N) is 1. The van der Waals surface area contributed by atoms with Gasteiger partial charge in [0.05, 0.1) is 5.69 Å². The summed E-state index contributed by atoms with van der Waals surface area (Å²) in [5, 5.41) is 6.65. The lowest BCUT2D eigenvalue weighted by molar-refractivity contribution is 0.949. The van der Waals surface area contributed by atoms with Gasteiger partial charge in [-0.3, -0.25) is 5.10 Å². The maximum absolute atomic E-state index is 4.84. The molecule has 0 spiro atoms. The normalized spacial score (nSPS) is 9.56. The summed E-state index contributed by atoms with van der Waals surface area (Å²) in [5.74, 6) is 0. The van der Waals surface area contributed by atoms with Crippen LogP contribution in [0.5, 0.6) is 0 Å². The van der Waals surface area contributed by atoms with Crippen molar-refractivity contribution in [3.63, 3.8) is 0 Å². The number of H-pyrrole nitrogens is 1. The predicted molar refractivity (Wildman–Crippen MR) is 38.9 cm³/mol. The van der Waals surface area contributed by atoms with Crippen LogP contribution in [-0.2, 0) is 0 Å². The van der Waals surface area contributed by atoms with Crippen LogP contribution in [0.4, 0.5) is 0 Å². The molecule has 2 nitrogen and oxygen atoms in total. The lowest BCUT2D eigenvalue weighted by Crippen LogP contribution is -1.89. The van der Waals surface area contributed by atoms with Crippen molar-refractivity contribution >= 4 is 12.2 Å². The average Bonchev–Trinajstić information content (AvgIpc) is 1.80. The number of aryl methyl sites for hydroxylation is 2. The molecule has 0 radical (unpaired) electrons. The molecule has 0 aliphatic carbocycles. The summed E-state index contributed by atoms with van der Waals surface area (Å²) in [6, 6.07) is 1.90. The second-order valence-electron chi connectivity index (χ2n) is 2.00. The van der Waals surface area contributed by atoms with Gasteiger partial charge in [0.15, 0.2) is 0 Å². The average molecular weight is 140 g/mol. The van der Waals surface area contributed by atoms with Crippen LogP contribution in [0.3, 0.4) is 0 Å². The highest BCUT2D eigenvalue weighted by molar-refractivity contribution is 7.71. The molecule has 1 N–H and O–H groups in total. The number of rotatable bonds is 0. The number of hydrogen-bond donors (Lipinski definition) is 1. The van der Waals surface area contributed by atoms with Gasteiger partial charge in [-0.25, -0.2) is 0 Å². The van der Waals surface area contributed by atoms with Crippen molar-refractivity contribution in [1.29, 1.82) is 0 Å². The van der Waals surface area contributed by atoms with E-state index >= 15 is 0 Å². The molecule has 1 rings (SSSR count). The van der Waals surface area contributed by atoms with Crippen LogP contribution < -0.4 is 0 Å². The molecule has 0 bridgehead atoms. The molecule has 0 amide bonds. The fourth-order valence-electron chi connectivity index (χ4n) is 0.560. The van der Waals surface area contributed by atoms with Crippen molar-refractivity contribution in [2.75, 3.05) is 0 Å². The van der Waals surface area contributed by atoms with E-state index in [1.807, 2.05) is 19.9 Å². The predicted octanol–water partition coefficient (Wildman–Crippen LogP) is 1.76. The summed E-state index contributed by atoms with van der Waals surface area (Å²) in [4.78, 5) is 0. The zero-order chi connectivity index (χ0) is 6.85. The lowest BCUT2D eigenvalue weighted by Gasteiger charge is -1.93. The van der Waals surface area contributed by atoms with Gasteiger partial charge in [0, 0.05) is 0 Å². The van der Waals surface area contributed by atoms with E-state index in [0.717, 1.165) is 11.3 Å². The highest BCUT2D eigenvalue weighted by atomic mass is 32.1. The van der Waals surface area contributed by atoms with Gasteiger partial charge in [-0.1, -0.05) is 12.2 Å². The minimum atomic E-state index is 0.693. The van der Waals surface area contributed by atoms with Crippen LogP contribution in [0.15, 0.2) is 6.07 Å². The van der Waals surface area contributed by atoms with Crippen LogP contribution in [0.2, 0.25) is 0 Å². The molecule has 48 valence electrons. The van der Waals surface area contributed by atoms with E-state index in [2.05, 4.69) is 10.2 Å². The highest BCUT2D eigenvalue weighted by Crippen LogP contribution is 1.98. The summed E-state index contributed by atoms with van der Waals surface area (Å²) >= 11 is 4.84. The largest absolute Gasteiger partial charge is 0.268 e. The van der Waals surface area contributed by atoms with E-state index in [1.165, 1.54) is 0 Å². The van der Waals surface area contributed by atoms with Gasteiger partial charge in [-0.05, 0) is 25.5 Å². The molecule has 0 saturated heterocycles. The summed E-state index contributed by atoms with van der Waals surface area (Å²) in [6.07, 6.45) is 0. The van der Waals surface area contributed by atoms with E-state index in [4.69, 9.17) is 12.2 Å². The van der Waals surface area contributed by atoms with E-state index < -0.39 is 0 Å². The first kappa shape index (κ1) is 6.42. The third-order valence-corrected chi connectivity index (χ3v) is 1.46. The van der Waals surface area contributed by atoms with Crippen LogP contribution in [0, 0.1) is 18.5 Å². The van der Waals surface area contributed by atoms with E-state index in [-0.39, 0.29) is 0 Å². The minimum absolute atomic E-state index is 0.693. The maximum atomic E-state index is 4.84. The maximum Gasteiger partial charge on any atom is 0.119 e. The SMILES string of the molecule is Cc1cc(=S)[nH]nc1C. The Bertz CT molecular complexity index is 264. The third kappa shape index (κ3) is 1.36. The van der Waals surface area contributed by atoms with Crippen LogP contribution in [0.25, 0.3) is 0 Å². The Labute approximate surface area is 58.9 Å². The van der Waals surface area contributed by atoms with Crippen molar-refractivity contribution in [1.82, 2.24) is 10.2 Å². The first-order valence-corrected chi connectivity index (χ1v) is 3.14. The first-order valence-electron chi connectivity index (χ1n) is 2.73. The number of aromatic amines is 1. The van der Waals surface area contributed by atoms with Crippen molar-refractivity contribution in [3.05, 3.63) is 22.0 Å². The summed E-state index contributed by atoms with van der Waals surface area (Å²) in [5.41, 5.74) is 2.14. The van der Waals surface area contributed by atoms with Gasteiger partial charge in [-0.2, -0.15) is 5.10 Å². The van der Waals surface area contributed by atoms with Crippen molar-refractivity contribution in [3.8, 4) is 0 Å². The highest BCUT2D eigenvalue weighted by Gasteiger charge is 1.88. The molecule has 0 saturated carbocycles. The van der Waals surface area contributed by atoms with E-state index in [1.54, 1.807) is 0 Å². The van der Waals surface area contributed by atoms with Gasteiger partial charge in [0.1, 0.15) is 4.64 Å². The molecule has 0 aromatic carbocycles. The first-order chi connectivity index (χ1) is 4.20. The van der Waals surface area contributed by atoms with Crippen molar-refractivity contribution in [2.24, 2.45) is 0 Å². The van der Waals surface area contributed by atoms with Gasteiger partial charge >= 0.3 is 0 Å². The zero-order valence-corrected chi connectivity index (χ0v) is 6.25. The molecule has 9 heavy (non-hydrogen) atoms. The Hall–Kier alpha value is -0.700. The topological polar surface area (TPSA) is 28.7 Å². The molecular weight excluding hydrogens is 132 g/mol. The molecule has 0 fully saturated rings. The van der Waals surface area contributed by atoms with Gasteiger partial charge < -0.3 is 0 Å². The van der Waals surface area contributed by atoms with Crippen molar-refractivity contribution < 1.29 is 0 Å². The Kier molecular flexibility index (Phi) is 1.62. The molecule has 0 unspecified atom stereocenters. The quantitative estimate of drug-likeness (QED) is 0.556. The summed E-state index contributed by atoms with van der Waals surface area (Å²) < 4.78 is 0.693. The standard InChI is InChI=1S/C6H8N2S/c1-4-3-6(9)8-7-5(4)2/h3H,1-2H3,(H,8,9). The Morgan fingerprint density at radius 1 is 1.56 bits per heavy atom. The zero-order valence-electron chi connectivity index (χ0n) is 5.43. The van der Waals surface area contributed by atoms with Crippen molar-refractivity contribution in [2.45, 2.75) is 13.8 Å². The van der Waals surface area contributed by atoms with E-state index in [0.29, 0.717) is 4.64 Å². The third-order valence-electron chi connectivity index (χ3n) is 1.25. The van der Waals surface area contributed by atoms with Gasteiger partial charge in [0.2, 0.25) is 0 Å². The smallest absolute Gasteiger partial charge is 0.119 e. The molecule has 0 atom stereocenters. The minimum Gasteiger partial charge on any atom is -0.268 e. The number of aromatic nitrogens is 2. The van der Waals surface area contributed by atoms with Gasteiger partial charge in [-0.15, -0.1) is 0 Å². The van der Waals surface area contributed by atoms with E-state index in [9.17, 15) is 0 Å². The molecular formula is C6H8N2S. The van der Waals surface area contributed by atoms with Gasteiger partial charge in [0.25, 0.3) is 0 Å². The van der Waals surface area contributed by atoms with Crippen LogP contribution >= 0.6 is 12.2 Å². The Balaban J connectivity index is 3.34. The molecule has 1 aromatic heterocycles. The fourth-order valence-corrected chi connectivity index (χ4v) is 0.783. The summed E-state index contributed by atoms with van der Waals surface area (Å²) in [6.45, 7) is 3.94. The number of hydrogen-bond acceptors (Lipinski definition) is 2. The lowest BCUT2D eigenvalue weighted by atomic mass is 10.3. The molecule has 1 aromatic rings. The second kappa shape index (κ2) is 2.27. The monoisotopic (exact) mass is 140 g/mol.